The number of amides is 4. The molecule has 0 aliphatic carbocycles. The molecule has 1 aromatic carbocycles. The Kier molecular flexibility index (Phi) is 6.03. The molecule has 0 aromatic heterocycles. The number of nitrogens with one attached hydrogen (secondary N) is 2. The lowest BCUT2D eigenvalue weighted by atomic mass is 10.1. The molecule has 0 unspecified atom stereocenters. The van der Waals surface area contributed by atoms with Crippen LogP contribution in [0, 0.1) is 0 Å². The van der Waals surface area contributed by atoms with E-state index in [1.807, 2.05) is 6.92 Å². The van der Waals surface area contributed by atoms with Crippen LogP contribution in [0.3, 0.4) is 0 Å². The zero-order valence-electron chi connectivity index (χ0n) is 13.5. The molecule has 0 saturated carbocycles. The quantitative estimate of drug-likeness (QED) is 0.754. The monoisotopic (exact) mass is 352 g/mol. The van der Waals surface area contributed by atoms with Crippen LogP contribution in [-0.4, -0.2) is 41.9 Å². The van der Waals surface area contributed by atoms with E-state index in [0.717, 1.165) is 12.8 Å². The van der Waals surface area contributed by atoms with Crippen molar-refractivity contribution < 1.29 is 14.4 Å². The molecule has 0 bridgehead atoms. The fourth-order valence-corrected chi connectivity index (χ4v) is 2.90. The highest BCUT2D eigenvalue weighted by atomic mass is 35.5. The minimum absolute atomic E-state index is 0.132. The SMILES string of the molecule is CCCC[C@H]1C(=O)NCCN1C(=O)Nc1ccc(C(N)=O)c(Cl)c1. The van der Waals surface area contributed by atoms with Crippen molar-refractivity contribution in [2.24, 2.45) is 5.73 Å². The van der Waals surface area contributed by atoms with Gasteiger partial charge in [-0.1, -0.05) is 31.4 Å². The van der Waals surface area contributed by atoms with E-state index in [2.05, 4.69) is 10.6 Å². The maximum absolute atomic E-state index is 12.5. The van der Waals surface area contributed by atoms with E-state index in [-0.39, 0.29) is 22.5 Å². The average molecular weight is 353 g/mol. The van der Waals surface area contributed by atoms with Crippen LogP contribution in [0.2, 0.25) is 5.02 Å². The number of unbranched alkanes of at least 4 members (excludes halogenated alkanes) is 1. The average Bonchev–Trinajstić information content (AvgIpc) is 2.53. The number of primary amides is 1. The molecular weight excluding hydrogens is 332 g/mol. The molecule has 2 rings (SSSR count). The number of rotatable bonds is 5. The van der Waals surface area contributed by atoms with Gasteiger partial charge in [0.2, 0.25) is 11.8 Å². The van der Waals surface area contributed by atoms with Crippen molar-refractivity contribution in [3.05, 3.63) is 28.8 Å². The van der Waals surface area contributed by atoms with Crippen LogP contribution in [0.25, 0.3) is 0 Å². The van der Waals surface area contributed by atoms with Gasteiger partial charge in [-0.25, -0.2) is 4.79 Å². The van der Waals surface area contributed by atoms with E-state index < -0.39 is 11.9 Å². The van der Waals surface area contributed by atoms with E-state index >= 15 is 0 Å². The van der Waals surface area contributed by atoms with Crippen molar-refractivity contribution in [1.29, 1.82) is 0 Å². The number of hydrogen-bond acceptors (Lipinski definition) is 3. The molecule has 4 amide bonds. The number of benzene rings is 1. The van der Waals surface area contributed by atoms with Crippen molar-refractivity contribution in [3.8, 4) is 0 Å². The molecule has 1 atom stereocenters. The second-order valence-electron chi connectivity index (χ2n) is 5.63. The normalized spacial score (nSPS) is 17.3. The lowest BCUT2D eigenvalue weighted by Crippen LogP contribution is -2.58. The maximum Gasteiger partial charge on any atom is 0.322 e. The molecule has 0 spiro atoms. The topological polar surface area (TPSA) is 105 Å². The fraction of sp³-hybridized carbons (Fsp3) is 0.438. The zero-order chi connectivity index (χ0) is 17.7. The number of hydrogen-bond donors (Lipinski definition) is 3. The summed E-state index contributed by atoms with van der Waals surface area (Å²) >= 11 is 5.98. The van der Waals surface area contributed by atoms with Crippen LogP contribution >= 0.6 is 11.6 Å². The van der Waals surface area contributed by atoms with Gasteiger partial charge in [0.25, 0.3) is 0 Å². The summed E-state index contributed by atoms with van der Waals surface area (Å²) in [6.45, 7) is 2.91. The van der Waals surface area contributed by atoms with Gasteiger partial charge in [-0.3, -0.25) is 9.59 Å². The summed E-state index contributed by atoms with van der Waals surface area (Å²) < 4.78 is 0. The predicted octanol–water partition coefficient (Wildman–Crippen LogP) is 1.96. The summed E-state index contributed by atoms with van der Waals surface area (Å²) in [5.41, 5.74) is 5.83. The molecule has 130 valence electrons. The van der Waals surface area contributed by atoms with Crippen LogP contribution < -0.4 is 16.4 Å². The Morgan fingerprint density at radius 3 is 2.83 bits per heavy atom. The highest BCUT2D eigenvalue weighted by Gasteiger charge is 2.32. The molecule has 1 aromatic rings. The molecule has 1 aliphatic rings. The Labute approximate surface area is 145 Å². The smallest absolute Gasteiger partial charge is 0.322 e. The Morgan fingerprint density at radius 1 is 1.46 bits per heavy atom. The summed E-state index contributed by atoms with van der Waals surface area (Å²) in [7, 11) is 0. The highest BCUT2D eigenvalue weighted by molar-refractivity contribution is 6.34. The minimum Gasteiger partial charge on any atom is -0.366 e. The third-order valence-corrected chi connectivity index (χ3v) is 4.22. The lowest BCUT2D eigenvalue weighted by Gasteiger charge is -2.35. The Hall–Kier alpha value is -2.28. The van der Waals surface area contributed by atoms with E-state index in [9.17, 15) is 14.4 Å². The number of anilines is 1. The largest absolute Gasteiger partial charge is 0.366 e. The van der Waals surface area contributed by atoms with Gasteiger partial charge in [0.1, 0.15) is 6.04 Å². The number of carbonyl (C=O) groups is 3. The maximum atomic E-state index is 12.5. The molecule has 1 fully saturated rings. The van der Waals surface area contributed by atoms with Crippen molar-refractivity contribution in [2.75, 3.05) is 18.4 Å². The Morgan fingerprint density at radius 2 is 2.21 bits per heavy atom. The Bertz CT molecular complexity index is 650. The van der Waals surface area contributed by atoms with Gasteiger partial charge in [-0.2, -0.15) is 0 Å². The second kappa shape index (κ2) is 8.01. The lowest BCUT2D eigenvalue weighted by molar-refractivity contribution is -0.127. The van der Waals surface area contributed by atoms with E-state index in [1.165, 1.54) is 17.0 Å². The van der Waals surface area contributed by atoms with Crippen LogP contribution in [0.4, 0.5) is 10.5 Å². The predicted molar refractivity (Wildman–Crippen MR) is 92.0 cm³/mol. The highest BCUT2D eigenvalue weighted by Crippen LogP contribution is 2.22. The van der Waals surface area contributed by atoms with Gasteiger partial charge >= 0.3 is 6.03 Å². The van der Waals surface area contributed by atoms with E-state index in [4.69, 9.17) is 17.3 Å². The fourth-order valence-electron chi connectivity index (χ4n) is 2.63. The van der Waals surface area contributed by atoms with Crippen LogP contribution in [0.5, 0.6) is 0 Å². The first-order valence-electron chi connectivity index (χ1n) is 7.88. The van der Waals surface area contributed by atoms with Gasteiger partial charge in [-0.15, -0.1) is 0 Å². The first kappa shape index (κ1) is 18.1. The van der Waals surface area contributed by atoms with Gasteiger partial charge in [0.15, 0.2) is 0 Å². The molecular formula is C16H21ClN4O3. The van der Waals surface area contributed by atoms with Gasteiger partial charge in [0.05, 0.1) is 10.6 Å². The summed E-state index contributed by atoms with van der Waals surface area (Å²) in [5, 5.41) is 5.67. The van der Waals surface area contributed by atoms with Gasteiger partial charge < -0.3 is 21.3 Å². The first-order chi connectivity index (χ1) is 11.4. The number of urea groups is 1. The summed E-state index contributed by atoms with van der Waals surface area (Å²) in [6.07, 6.45) is 2.43. The zero-order valence-corrected chi connectivity index (χ0v) is 14.2. The minimum atomic E-state index is -0.634. The van der Waals surface area contributed by atoms with Gasteiger partial charge in [-0.05, 0) is 24.6 Å². The summed E-state index contributed by atoms with van der Waals surface area (Å²) in [6, 6.07) is 3.63. The van der Waals surface area contributed by atoms with Crippen LogP contribution in [-0.2, 0) is 4.79 Å². The molecule has 1 aliphatic heterocycles. The third kappa shape index (κ3) is 4.17. The first-order valence-corrected chi connectivity index (χ1v) is 8.26. The number of piperazine rings is 1. The van der Waals surface area contributed by atoms with E-state index in [1.54, 1.807) is 6.07 Å². The van der Waals surface area contributed by atoms with Crippen LogP contribution in [0.1, 0.15) is 36.5 Å². The molecule has 8 heteroatoms. The number of halogens is 1. The number of carbonyl (C=O) groups excluding carboxylic acids is 3. The Balaban J connectivity index is 2.11. The molecule has 1 heterocycles. The van der Waals surface area contributed by atoms with Crippen molar-refractivity contribution >= 4 is 35.1 Å². The number of nitrogens with two attached hydrogens (primary N) is 1. The van der Waals surface area contributed by atoms with Crippen molar-refractivity contribution in [1.82, 2.24) is 10.2 Å². The molecule has 0 radical (unpaired) electrons. The van der Waals surface area contributed by atoms with Crippen LogP contribution in [0.15, 0.2) is 18.2 Å². The second-order valence-corrected chi connectivity index (χ2v) is 6.04. The molecule has 24 heavy (non-hydrogen) atoms. The van der Waals surface area contributed by atoms with Crippen molar-refractivity contribution in [2.45, 2.75) is 32.2 Å². The summed E-state index contributed by atoms with van der Waals surface area (Å²) in [5.74, 6) is -0.767. The van der Waals surface area contributed by atoms with Gasteiger partial charge in [0, 0.05) is 18.8 Å². The van der Waals surface area contributed by atoms with E-state index in [0.29, 0.717) is 25.2 Å². The molecule has 1 saturated heterocycles. The third-order valence-electron chi connectivity index (χ3n) is 3.91. The van der Waals surface area contributed by atoms with Crippen molar-refractivity contribution in [3.63, 3.8) is 0 Å². The summed E-state index contributed by atoms with van der Waals surface area (Å²) in [4.78, 5) is 37.3. The molecule has 7 nitrogen and oxygen atoms in total. The standard InChI is InChI=1S/C16H21ClN4O3/c1-2-3-4-13-15(23)19-7-8-21(13)16(24)20-10-5-6-11(14(18)22)12(17)9-10/h5-6,9,13H,2-4,7-8H2,1H3,(H2,18,22)(H,19,23)(H,20,24)/t13-/m0/s1. The molecule has 4 N–H and O–H groups in total. The number of nitrogens with zero attached hydrogens (tertiary/aromatic N) is 1.